The molecule has 0 amide bonds. The van der Waals surface area contributed by atoms with Crippen LogP contribution in [0.5, 0.6) is 0 Å². The van der Waals surface area contributed by atoms with Gasteiger partial charge in [0.2, 0.25) is 0 Å². The maximum Gasteiger partial charge on any atom is 0.0344 e. The maximum atomic E-state index is 5.68. The van der Waals surface area contributed by atoms with Crippen molar-refractivity contribution in [2.24, 2.45) is 0 Å². The average molecular weight is 167 g/mol. The van der Waals surface area contributed by atoms with Crippen molar-refractivity contribution in [2.45, 2.75) is 18.7 Å². The van der Waals surface area contributed by atoms with Gasteiger partial charge in [0.25, 0.3) is 0 Å². The van der Waals surface area contributed by atoms with Crippen molar-refractivity contribution in [3.8, 4) is 0 Å². The van der Waals surface area contributed by atoms with Gasteiger partial charge in [-0.2, -0.15) is 0 Å². The van der Waals surface area contributed by atoms with E-state index in [1.54, 1.807) is 0 Å². The number of rotatable bonds is 2. The predicted molar refractivity (Wildman–Crippen MR) is 52.0 cm³/mol. The molecule has 0 aromatic heterocycles. The van der Waals surface area contributed by atoms with Gasteiger partial charge in [-0.25, -0.2) is 0 Å². The van der Waals surface area contributed by atoms with Crippen LogP contribution in [0.3, 0.4) is 0 Å². The third kappa shape index (κ3) is 2.15. The summed E-state index contributed by atoms with van der Waals surface area (Å²) in [4.78, 5) is 1.30. The van der Waals surface area contributed by atoms with Crippen molar-refractivity contribution in [2.75, 3.05) is 11.5 Å². The van der Waals surface area contributed by atoms with Crippen molar-refractivity contribution >= 4 is 17.4 Å². The van der Waals surface area contributed by atoms with Crippen LogP contribution in [0.4, 0.5) is 5.69 Å². The van der Waals surface area contributed by atoms with Crippen LogP contribution in [-0.4, -0.2) is 5.75 Å². The second-order valence-electron chi connectivity index (χ2n) is 2.45. The molecule has 0 bridgehead atoms. The van der Waals surface area contributed by atoms with Gasteiger partial charge in [-0.15, -0.1) is 11.8 Å². The average Bonchev–Trinajstić information content (AvgIpc) is 1.98. The second-order valence-corrected chi connectivity index (χ2v) is 3.79. The van der Waals surface area contributed by atoms with E-state index >= 15 is 0 Å². The van der Waals surface area contributed by atoms with Gasteiger partial charge in [-0.1, -0.05) is 6.92 Å². The lowest BCUT2D eigenvalue weighted by atomic mass is 10.2. The van der Waals surface area contributed by atoms with Gasteiger partial charge < -0.3 is 5.73 Å². The largest absolute Gasteiger partial charge is 0.399 e. The molecule has 0 radical (unpaired) electrons. The zero-order valence-electron chi connectivity index (χ0n) is 6.92. The summed E-state index contributed by atoms with van der Waals surface area (Å²) in [6.07, 6.45) is 0. The molecule has 0 heterocycles. The molecule has 0 fully saturated rings. The fraction of sp³-hybridized carbons (Fsp3) is 0.333. The smallest absolute Gasteiger partial charge is 0.0344 e. The summed E-state index contributed by atoms with van der Waals surface area (Å²) in [6, 6.07) is 6.16. The molecule has 11 heavy (non-hydrogen) atoms. The van der Waals surface area contributed by atoms with E-state index in [0.717, 1.165) is 11.4 Å². The number of thioether (sulfide) groups is 1. The Balaban J connectivity index is 2.86. The van der Waals surface area contributed by atoms with Gasteiger partial charge in [-0.05, 0) is 36.4 Å². The number of hydrogen-bond donors (Lipinski definition) is 1. The number of aryl methyl sites for hydroxylation is 1. The molecule has 0 aliphatic rings. The highest BCUT2D eigenvalue weighted by molar-refractivity contribution is 7.99. The Morgan fingerprint density at radius 2 is 2.18 bits per heavy atom. The molecule has 0 saturated heterocycles. The van der Waals surface area contributed by atoms with E-state index in [-0.39, 0.29) is 0 Å². The van der Waals surface area contributed by atoms with Gasteiger partial charge in [-0.3, -0.25) is 0 Å². The van der Waals surface area contributed by atoms with E-state index in [9.17, 15) is 0 Å². The SMILES string of the molecule is CCSc1ccc(N)c(C)c1. The molecule has 0 aliphatic heterocycles. The Bertz CT molecular complexity index is 245. The second kappa shape index (κ2) is 3.67. The first-order chi connectivity index (χ1) is 5.24. The molecule has 2 N–H and O–H groups in total. The topological polar surface area (TPSA) is 26.0 Å². The fourth-order valence-electron chi connectivity index (χ4n) is 0.905. The molecule has 60 valence electrons. The number of benzene rings is 1. The molecule has 0 spiro atoms. The minimum Gasteiger partial charge on any atom is -0.399 e. The highest BCUT2D eigenvalue weighted by Crippen LogP contribution is 2.21. The summed E-state index contributed by atoms with van der Waals surface area (Å²) in [5.74, 6) is 1.11. The first-order valence-corrected chi connectivity index (χ1v) is 4.71. The first kappa shape index (κ1) is 8.47. The van der Waals surface area contributed by atoms with Crippen LogP contribution in [0.25, 0.3) is 0 Å². The number of nitrogen functional groups attached to an aromatic ring is 1. The van der Waals surface area contributed by atoms with Crippen molar-refractivity contribution in [3.63, 3.8) is 0 Å². The molecule has 0 saturated carbocycles. The fourth-order valence-corrected chi connectivity index (χ4v) is 1.66. The Morgan fingerprint density at radius 1 is 1.45 bits per heavy atom. The highest BCUT2D eigenvalue weighted by Gasteiger charge is 1.94. The third-order valence-electron chi connectivity index (χ3n) is 1.55. The van der Waals surface area contributed by atoms with Crippen LogP contribution in [0.1, 0.15) is 12.5 Å². The number of hydrogen-bond acceptors (Lipinski definition) is 2. The summed E-state index contributed by atoms with van der Waals surface area (Å²) in [6.45, 7) is 4.19. The molecule has 1 nitrogen and oxygen atoms in total. The van der Waals surface area contributed by atoms with Crippen LogP contribution in [0, 0.1) is 6.92 Å². The number of anilines is 1. The minimum absolute atomic E-state index is 0.880. The van der Waals surface area contributed by atoms with Crippen LogP contribution >= 0.6 is 11.8 Å². The molecule has 0 aliphatic carbocycles. The zero-order chi connectivity index (χ0) is 8.27. The Morgan fingerprint density at radius 3 is 2.73 bits per heavy atom. The molecule has 0 unspecified atom stereocenters. The molecule has 2 heteroatoms. The Kier molecular flexibility index (Phi) is 2.83. The molecular weight excluding hydrogens is 154 g/mol. The highest BCUT2D eigenvalue weighted by atomic mass is 32.2. The molecular formula is C9H13NS. The lowest BCUT2D eigenvalue weighted by Crippen LogP contribution is -1.88. The summed E-state index contributed by atoms with van der Waals surface area (Å²) < 4.78 is 0. The third-order valence-corrected chi connectivity index (χ3v) is 2.43. The van der Waals surface area contributed by atoms with Crippen LogP contribution in [0.15, 0.2) is 23.1 Å². The predicted octanol–water partition coefficient (Wildman–Crippen LogP) is 2.69. The van der Waals surface area contributed by atoms with Crippen LogP contribution in [-0.2, 0) is 0 Å². The quantitative estimate of drug-likeness (QED) is 0.541. The summed E-state index contributed by atoms with van der Waals surface area (Å²) in [5, 5.41) is 0. The first-order valence-electron chi connectivity index (χ1n) is 3.73. The van der Waals surface area contributed by atoms with Crippen molar-refractivity contribution in [1.82, 2.24) is 0 Å². The molecule has 1 aromatic carbocycles. The normalized spacial score (nSPS) is 10.0. The van der Waals surface area contributed by atoms with Gasteiger partial charge in [0.1, 0.15) is 0 Å². The standard InChI is InChI=1S/C9H13NS/c1-3-11-8-4-5-9(10)7(2)6-8/h4-6H,3,10H2,1-2H3. The van der Waals surface area contributed by atoms with E-state index in [1.807, 2.05) is 24.8 Å². The summed E-state index contributed by atoms with van der Waals surface area (Å²) in [7, 11) is 0. The van der Waals surface area contributed by atoms with Gasteiger partial charge in [0.05, 0.1) is 0 Å². The Hall–Kier alpha value is -0.630. The summed E-state index contributed by atoms with van der Waals surface area (Å²) in [5.41, 5.74) is 7.73. The minimum atomic E-state index is 0.880. The summed E-state index contributed by atoms with van der Waals surface area (Å²) >= 11 is 1.84. The van der Waals surface area contributed by atoms with E-state index in [2.05, 4.69) is 19.1 Å². The van der Waals surface area contributed by atoms with Crippen LogP contribution < -0.4 is 5.73 Å². The molecule has 1 aromatic rings. The maximum absolute atomic E-state index is 5.68. The van der Waals surface area contributed by atoms with E-state index < -0.39 is 0 Å². The van der Waals surface area contributed by atoms with Gasteiger partial charge >= 0.3 is 0 Å². The molecule has 0 atom stereocenters. The lowest BCUT2D eigenvalue weighted by molar-refractivity contribution is 1.35. The Labute approximate surface area is 72.0 Å². The van der Waals surface area contributed by atoms with E-state index in [1.165, 1.54) is 10.5 Å². The van der Waals surface area contributed by atoms with Crippen molar-refractivity contribution in [3.05, 3.63) is 23.8 Å². The molecule has 1 rings (SSSR count). The van der Waals surface area contributed by atoms with Gasteiger partial charge in [0, 0.05) is 10.6 Å². The van der Waals surface area contributed by atoms with Crippen LogP contribution in [0.2, 0.25) is 0 Å². The van der Waals surface area contributed by atoms with Gasteiger partial charge in [0.15, 0.2) is 0 Å². The zero-order valence-corrected chi connectivity index (χ0v) is 7.74. The van der Waals surface area contributed by atoms with Crippen molar-refractivity contribution < 1.29 is 0 Å². The van der Waals surface area contributed by atoms with Crippen molar-refractivity contribution in [1.29, 1.82) is 0 Å². The number of nitrogens with two attached hydrogens (primary N) is 1. The monoisotopic (exact) mass is 167 g/mol. The lowest BCUT2D eigenvalue weighted by Gasteiger charge is -2.02. The van der Waals surface area contributed by atoms with E-state index in [0.29, 0.717) is 0 Å². The van der Waals surface area contributed by atoms with E-state index in [4.69, 9.17) is 5.73 Å².